The maximum Gasteiger partial charge on any atom is 0.322 e. The first kappa shape index (κ1) is 18.8. The predicted molar refractivity (Wildman–Crippen MR) is 73.8 cm³/mol. The Morgan fingerprint density at radius 2 is 1.71 bits per heavy atom. The molecule has 2 atom stereocenters. The SMILES string of the molecule is CC(C)C[C@H](NC(=O)[C@@H](N)CC(N)=O)C(=O)NCC(=O)O. The van der Waals surface area contributed by atoms with Crippen molar-refractivity contribution >= 4 is 23.7 Å². The molecule has 0 aromatic rings. The highest BCUT2D eigenvalue weighted by atomic mass is 16.4. The molecular weight excluding hydrogens is 280 g/mol. The van der Waals surface area contributed by atoms with E-state index in [0.29, 0.717) is 6.42 Å². The topological polar surface area (TPSA) is 165 Å². The van der Waals surface area contributed by atoms with Crippen molar-refractivity contribution in [2.45, 2.75) is 38.8 Å². The summed E-state index contributed by atoms with van der Waals surface area (Å²) in [6.45, 7) is 3.14. The van der Waals surface area contributed by atoms with E-state index >= 15 is 0 Å². The average molecular weight is 302 g/mol. The maximum atomic E-state index is 11.8. The lowest BCUT2D eigenvalue weighted by Crippen LogP contribution is -2.53. The van der Waals surface area contributed by atoms with Crippen molar-refractivity contribution in [3.63, 3.8) is 0 Å². The number of amides is 3. The first-order valence-electron chi connectivity index (χ1n) is 6.47. The fraction of sp³-hybridized carbons (Fsp3) is 0.667. The van der Waals surface area contributed by atoms with Crippen LogP contribution in [0.2, 0.25) is 0 Å². The highest BCUT2D eigenvalue weighted by Crippen LogP contribution is 2.05. The minimum absolute atomic E-state index is 0.0817. The van der Waals surface area contributed by atoms with Gasteiger partial charge in [-0.1, -0.05) is 13.8 Å². The van der Waals surface area contributed by atoms with Gasteiger partial charge in [-0.2, -0.15) is 0 Å². The van der Waals surface area contributed by atoms with E-state index in [1.54, 1.807) is 0 Å². The fourth-order valence-corrected chi connectivity index (χ4v) is 1.58. The molecule has 0 aliphatic rings. The van der Waals surface area contributed by atoms with Crippen LogP contribution in [0.15, 0.2) is 0 Å². The number of carbonyl (C=O) groups excluding carboxylic acids is 3. The van der Waals surface area contributed by atoms with Gasteiger partial charge in [-0.25, -0.2) is 0 Å². The zero-order valence-electron chi connectivity index (χ0n) is 12.1. The zero-order valence-corrected chi connectivity index (χ0v) is 12.1. The molecule has 0 fully saturated rings. The summed E-state index contributed by atoms with van der Waals surface area (Å²) in [4.78, 5) is 44.7. The lowest BCUT2D eigenvalue weighted by molar-refractivity contribution is -0.138. The zero-order chi connectivity index (χ0) is 16.6. The Morgan fingerprint density at radius 1 is 1.14 bits per heavy atom. The molecular formula is C12H22N4O5. The van der Waals surface area contributed by atoms with E-state index in [2.05, 4.69) is 10.6 Å². The summed E-state index contributed by atoms with van der Waals surface area (Å²) in [5, 5.41) is 13.1. The second-order valence-corrected chi connectivity index (χ2v) is 5.08. The highest BCUT2D eigenvalue weighted by Gasteiger charge is 2.25. The Morgan fingerprint density at radius 3 is 2.14 bits per heavy atom. The number of carboxylic acids is 1. The Labute approximate surface area is 122 Å². The van der Waals surface area contributed by atoms with Crippen LogP contribution in [0.25, 0.3) is 0 Å². The standard InChI is InChI=1S/C12H22N4O5/c1-6(2)3-8(12(21)15-5-10(18)19)16-11(20)7(13)4-9(14)17/h6-8H,3-5,13H2,1-2H3,(H2,14,17)(H,15,21)(H,16,20)(H,18,19)/t7-,8-/m0/s1. The van der Waals surface area contributed by atoms with Gasteiger partial charge in [0.1, 0.15) is 12.6 Å². The van der Waals surface area contributed by atoms with Gasteiger partial charge in [-0.05, 0) is 12.3 Å². The molecule has 3 amide bonds. The molecule has 0 aromatic heterocycles. The third kappa shape index (κ3) is 8.58. The van der Waals surface area contributed by atoms with Crippen LogP contribution in [0, 0.1) is 5.92 Å². The van der Waals surface area contributed by atoms with E-state index in [1.165, 1.54) is 0 Å². The van der Waals surface area contributed by atoms with Gasteiger partial charge in [0.05, 0.1) is 12.5 Å². The first-order valence-corrected chi connectivity index (χ1v) is 6.47. The van der Waals surface area contributed by atoms with Crippen molar-refractivity contribution < 1.29 is 24.3 Å². The molecule has 0 radical (unpaired) electrons. The van der Waals surface area contributed by atoms with Crippen molar-refractivity contribution in [2.24, 2.45) is 17.4 Å². The van der Waals surface area contributed by atoms with Crippen LogP contribution in [-0.4, -0.2) is 47.4 Å². The largest absolute Gasteiger partial charge is 0.480 e. The number of carboxylic acid groups (broad SMARTS) is 1. The quantitative estimate of drug-likeness (QED) is 0.328. The molecule has 9 nitrogen and oxygen atoms in total. The van der Waals surface area contributed by atoms with Crippen molar-refractivity contribution in [3.05, 3.63) is 0 Å². The van der Waals surface area contributed by atoms with E-state index in [0.717, 1.165) is 0 Å². The van der Waals surface area contributed by atoms with Crippen molar-refractivity contribution in [3.8, 4) is 0 Å². The summed E-state index contributed by atoms with van der Waals surface area (Å²) in [7, 11) is 0. The van der Waals surface area contributed by atoms with Crippen molar-refractivity contribution in [1.29, 1.82) is 0 Å². The minimum atomic E-state index is -1.19. The van der Waals surface area contributed by atoms with Crippen LogP contribution in [0.3, 0.4) is 0 Å². The van der Waals surface area contributed by atoms with Crippen LogP contribution in [0.5, 0.6) is 0 Å². The highest BCUT2D eigenvalue weighted by molar-refractivity contribution is 5.92. The first-order chi connectivity index (χ1) is 9.63. The van der Waals surface area contributed by atoms with Crippen molar-refractivity contribution in [1.82, 2.24) is 10.6 Å². The number of rotatable bonds is 9. The summed E-state index contributed by atoms with van der Waals surface area (Å²) < 4.78 is 0. The normalized spacial score (nSPS) is 13.3. The van der Waals surface area contributed by atoms with Gasteiger partial charge >= 0.3 is 5.97 Å². The van der Waals surface area contributed by atoms with Gasteiger partial charge in [-0.15, -0.1) is 0 Å². The minimum Gasteiger partial charge on any atom is -0.480 e. The third-order valence-corrected chi connectivity index (χ3v) is 2.51. The van der Waals surface area contributed by atoms with Crippen LogP contribution >= 0.6 is 0 Å². The van der Waals surface area contributed by atoms with Gasteiger partial charge < -0.3 is 27.2 Å². The van der Waals surface area contributed by atoms with E-state index < -0.39 is 42.3 Å². The molecule has 0 saturated heterocycles. The summed E-state index contributed by atoms with van der Waals surface area (Å²) in [6, 6.07) is -2.07. The van der Waals surface area contributed by atoms with Gasteiger partial charge in [-0.3, -0.25) is 19.2 Å². The third-order valence-electron chi connectivity index (χ3n) is 2.51. The number of aliphatic carboxylic acids is 1. The smallest absolute Gasteiger partial charge is 0.322 e. The number of nitrogens with one attached hydrogen (secondary N) is 2. The molecule has 0 unspecified atom stereocenters. The second-order valence-electron chi connectivity index (χ2n) is 5.08. The van der Waals surface area contributed by atoms with E-state index in [4.69, 9.17) is 16.6 Å². The molecule has 7 N–H and O–H groups in total. The van der Waals surface area contributed by atoms with E-state index in [1.807, 2.05) is 13.8 Å². The number of hydrogen-bond donors (Lipinski definition) is 5. The second kappa shape index (κ2) is 8.90. The fourth-order valence-electron chi connectivity index (χ4n) is 1.58. The Bertz CT molecular complexity index is 410. The number of hydrogen-bond acceptors (Lipinski definition) is 5. The van der Waals surface area contributed by atoms with Crippen LogP contribution in [0.1, 0.15) is 26.7 Å². The van der Waals surface area contributed by atoms with Crippen LogP contribution in [0.4, 0.5) is 0 Å². The Kier molecular flexibility index (Phi) is 7.99. The predicted octanol–water partition coefficient (Wildman–Crippen LogP) is -2.08. The molecule has 0 bridgehead atoms. The summed E-state index contributed by atoms with van der Waals surface area (Å²) >= 11 is 0. The number of primary amides is 1. The molecule has 21 heavy (non-hydrogen) atoms. The molecule has 9 heteroatoms. The molecule has 0 heterocycles. The van der Waals surface area contributed by atoms with E-state index in [-0.39, 0.29) is 12.3 Å². The summed E-state index contributed by atoms with van der Waals surface area (Å²) in [5.41, 5.74) is 10.4. The monoisotopic (exact) mass is 302 g/mol. The molecule has 0 aliphatic carbocycles. The van der Waals surface area contributed by atoms with E-state index in [9.17, 15) is 19.2 Å². The lowest BCUT2D eigenvalue weighted by Gasteiger charge is -2.21. The number of nitrogens with two attached hydrogens (primary N) is 2. The molecule has 120 valence electrons. The molecule has 0 rings (SSSR count). The van der Waals surface area contributed by atoms with Gasteiger partial charge in [0.15, 0.2) is 0 Å². The van der Waals surface area contributed by atoms with Gasteiger partial charge in [0, 0.05) is 0 Å². The van der Waals surface area contributed by atoms with Gasteiger partial charge in [0.2, 0.25) is 17.7 Å². The average Bonchev–Trinajstić information content (AvgIpc) is 2.33. The van der Waals surface area contributed by atoms with Crippen molar-refractivity contribution in [2.75, 3.05) is 6.54 Å². The van der Waals surface area contributed by atoms with Gasteiger partial charge in [0.25, 0.3) is 0 Å². The van der Waals surface area contributed by atoms with Crippen LogP contribution in [-0.2, 0) is 19.2 Å². The summed E-state index contributed by atoms with van der Waals surface area (Å²) in [6.07, 6.45) is -0.0303. The maximum absolute atomic E-state index is 11.8. The molecule has 0 saturated carbocycles. The lowest BCUT2D eigenvalue weighted by atomic mass is 10.0. The number of carbonyl (C=O) groups is 4. The Balaban J connectivity index is 4.67. The Hall–Kier alpha value is -2.16. The molecule has 0 aromatic carbocycles. The molecule has 0 aliphatic heterocycles. The van der Waals surface area contributed by atoms with Crippen LogP contribution < -0.4 is 22.1 Å². The summed E-state index contributed by atoms with van der Waals surface area (Å²) in [5.74, 6) is -3.15. The molecule has 0 spiro atoms.